The summed E-state index contributed by atoms with van der Waals surface area (Å²) in [5, 5.41) is 8.67. The molecule has 12 aliphatic heterocycles. The van der Waals surface area contributed by atoms with Gasteiger partial charge in [-0.2, -0.15) is 0 Å². The summed E-state index contributed by atoms with van der Waals surface area (Å²) in [6, 6.07) is 2.00. The highest BCUT2D eigenvalue weighted by Gasteiger charge is 2.80. The van der Waals surface area contributed by atoms with E-state index in [2.05, 4.69) is 74.4 Å². The lowest BCUT2D eigenvalue weighted by atomic mass is 9.95. The summed E-state index contributed by atoms with van der Waals surface area (Å²) in [6.07, 6.45) is -4.38. The van der Waals surface area contributed by atoms with Gasteiger partial charge in [0.25, 0.3) is 0 Å². The van der Waals surface area contributed by atoms with Crippen LogP contribution in [-0.4, -0.2) is 247 Å². The Morgan fingerprint density at radius 3 is 1.40 bits per heavy atom. The van der Waals surface area contributed by atoms with Crippen LogP contribution >= 0.6 is 63.7 Å². The van der Waals surface area contributed by atoms with Crippen molar-refractivity contribution in [1.29, 1.82) is 0 Å². The van der Waals surface area contributed by atoms with Gasteiger partial charge in [-0.25, -0.2) is 43.7 Å². The molecule has 2 spiro atoms. The molecule has 426 valence electrons. The van der Waals surface area contributed by atoms with Gasteiger partial charge in [0.2, 0.25) is 5.79 Å². The zero-order chi connectivity index (χ0) is 55.6. The summed E-state index contributed by atoms with van der Waals surface area (Å²) in [4.78, 5) is 141. The standard InChI is InChI=1S/C47H53Br4N17O12/c1-45-35-59-19-55-33-34-57(39(55)71)21-61-36-47-54-46(65(37(52)69)23-67(47)43(61)75)7-6-25-26(30(78-13-9-49)3-2-29(25)77-12-8-48)16-53-38(70)66(46)24-68(47)44(76)62(36)22-58(34)40(72)56(33)20-60(35)42(74)64(45)18-28-27(17-63(45)41(59)73)31(79-14-10-50)4-5-32(28)80-15-11-51/h2-5,33-36,54H,6-24H2,1H3,(H2,52,69)(H,53,70)/t33?,34-,35?,36+,45+,46-,47+/m1/s1. The van der Waals surface area contributed by atoms with E-state index in [-0.39, 0.29) is 45.8 Å². The van der Waals surface area contributed by atoms with Crippen molar-refractivity contribution in [3.05, 3.63) is 46.5 Å². The number of benzene rings is 2. The van der Waals surface area contributed by atoms with Gasteiger partial charge in [-0.3, -0.25) is 68.6 Å². The van der Waals surface area contributed by atoms with E-state index in [1.165, 1.54) is 58.8 Å². The van der Waals surface area contributed by atoms with Gasteiger partial charge in [0.15, 0.2) is 36.1 Å². The first-order valence-corrected chi connectivity index (χ1v) is 30.5. The number of amides is 16. The van der Waals surface area contributed by atoms with Crippen LogP contribution in [0.25, 0.3) is 0 Å². The van der Waals surface area contributed by atoms with Crippen molar-refractivity contribution >= 4 is 112 Å². The second kappa shape index (κ2) is 18.3. The third-order valence-corrected chi connectivity index (χ3v) is 19.0. The molecule has 2 aromatic rings. The molecule has 2 unspecified atom stereocenters. The SMILES string of the molecule is C[C@@]12C3N4CN5C(=O)N6CN7C(=O)N8CN(C(N)=O)[C@]9%10CCc%11c(OCCBr)ccc(OCCBr)c%11CNC(=O)N9CN9C(=O)N(CN%11C(=O)N(CN3C(=O)N1Cc1c(OCCBr)ccc(OCCBr)c1CN2C4=O)C5[C@H]6%11)[C@H]7[C@]89N%10. The molecule has 2 bridgehead atoms. The van der Waals surface area contributed by atoms with Gasteiger partial charge in [0, 0.05) is 56.5 Å². The molecule has 4 N–H and O–H groups in total. The molecular formula is C47H53Br4N17O12. The van der Waals surface area contributed by atoms with Gasteiger partial charge in [-0.05, 0) is 37.6 Å². The van der Waals surface area contributed by atoms with Crippen LogP contribution in [0.3, 0.4) is 0 Å². The maximum absolute atomic E-state index is 15.5. The predicted molar refractivity (Wildman–Crippen MR) is 287 cm³/mol. The van der Waals surface area contributed by atoms with E-state index in [1.807, 2.05) is 6.92 Å². The Kier molecular flexibility index (Phi) is 11.9. The first kappa shape index (κ1) is 51.8. The van der Waals surface area contributed by atoms with E-state index >= 15 is 28.8 Å². The fraction of sp³-hybridized carbons (Fsp3) is 0.574. The van der Waals surface area contributed by atoms with E-state index in [0.717, 1.165) is 0 Å². The van der Waals surface area contributed by atoms with E-state index < -0.39 is 117 Å². The van der Waals surface area contributed by atoms with Gasteiger partial charge in [-0.1, -0.05) is 63.7 Å². The van der Waals surface area contributed by atoms with Crippen LogP contribution in [0.2, 0.25) is 0 Å². The van der Waals surface area contributed by atoms with Crippen molar-refractivity contribution in [3.8, 4) is 23.0 Å². The molecule has 16 amide bonds. The molecule has 0 aliphatic carbocycles. The largest absolute Gasteiger partial charge is 0.492 e. The number of nitrogens with zero attached hydrogens (tertiary/aromatic N) is 14. The molecule has 33 heteroatoms. The molecule has 0 radical (unpaired) electrons. The maximum Gasteiger partial charge on any atom is 0.327 e. The molecule has 14 rings (SSSR count). The monoisotopic (exact) mass is 1360 g/mol. The molecule has 29 nitrogen and oxygen atoms in total. The van der Waals surface area contributed by atoms with Crippen LogP contribution in [-0.2, 0) is 26.1 Å². The molecule has 0 aromatic heterocycles. The van der Waals surface area contributed by atoms with Gasteiger partial charge in [-0.15, -0.1) is 0 Å². The smallest absolute Gasteiger partial charge is 0.327 e. The molecule has 10 fully saturated rings. The molecule has 80 heavy (non-hydrogen) atoms. The molecule has 2 aromatic carbocycles. The minimum Gasteiger partial charge on any atom is -0.492 e. The van der Waals surface area contributed by atoms with Gasteiger partial charge < -0.3 is 30.0 Å². The topological polar surface area (TPSA) is 269 Å². The Balaban J connectivity index is 0.830. The molecule has 12 heterocycles. The molecule has 0 saturated carbocycles. The lowest BCUT2D eigenvalue weighted by molar-refractivity contribution is -0.231. The zero-order valence-corrected chi connectivity index (χ0v) is 49.1. The summed E-state index contributed by atoms with van der Waals surface area (Å²) >= 11 is 13.7. The fourth-order valence-corrected chi connectivity index (χ4v) is 15.1. The second-order valence-electron chi connectivity index (χ2n) is 21.2. The van der Waals surface area contributed by atoms with Crippen molar-refractivity contribution < 1.29 is 57.3 Å². The minimum atomic E-state index is -1.82. The lowest BCUT2D eigenvalue weighted by Gasteiger charge is -2.64. The van der Waals surface area contributed by atoms with Gasteiger partial charge in [0.1, 0.15) is 63.0 Å². The Morgan fingerprint density at radius 2 is 0.950 bits per heavy atom. The Bertz CT molecular complexity index is 3120. The minimum absolute atomic E-state index is 0.0199. The Hall–Kier alpha value is -6.32. The highest BCUT2D eigenvalue weighted by Crippen LogP contribution is 2.55. The van der Waals surface area contributed by atoms with Crippen LogP contribution in [0.15, 0.2) is 24.3 Å². The van der Waals surface area contributed by atoms with E-state index in [1.54, 1.807) is 34.1 Å². The lowest BCUT2D eigenvalue weighted by Crippen LogP contribution is -2.92. The van der Waals surface area contributed by atoms with Gasteiger partial charge in [0.05, 0.1) is 39.5 Å². The van der Waals surface area contributed by atoms with Crippen LogP contribution in [0, 0.1) is 0 Å². The van der Waals surface area contributed by atoms with Crippen molar-refractivity contribution in [2.45, 2.75) is 81.3 Å². The summed E-state index contributed by atoms with van der Waals surface area (Å²) in [5.41, 5.74) is 7.62. The van der Waals surface area contributed by atoms with E-state index in [9.17, 15) is 9.59 Å². The van der Waals surface area contributed by atoms with Crippen molar-refractivity contribution in [2.24, 2.45) is 5.73 Å². The third kappa shape index (κ3) is 6.61. The number of primary amides is 1. The summed E-state index contributed by atoms with van der Waals surface area (Å²) < 4.78 is 24.8. The normalized spacial score (nSPS) is 30.3. The maximum atomic E-state index is 15.5. The Labute approximate surface area is 489 Å². The summed E-state index contributed by atoms with van der Waals surface area (Å²) in [6.45, 7) is 0.533. The molecule has 7 atom stereocenters. The highest BCUT2D eigenvalue weighted by atomic mass is 79.9. The van der Waals surface area contributed by atoms with Crippen molar-refractivity contribution in [1.82, 2.24) is 79.2 Å². The number of hydrogen-bond acceptors (Lipinski definition) is 13. The number of ether oxygens (including phenoxy) is 4. The number of hydrogen-bond donors (Lipinski definition) is 3. The molecule has 12 aliphatic rings. The second-order valence-corrected chi connectivity index (χ2v) is 24.4. The molecular weight excluding hydrogens is 1310 g/mol. The van der Waals surface area contributed by atoms with Crippen LogP contribution in [0.5, 0.6) is 23.0 Å². The summed E-state index contributed by atoms with van der Waals surface area (Å²) in [7, 11) is 0. The number of nitrogens with one attached hydrogen (secondary N) is 2. The first-order chi connectivity index (χ1) is 38.6. The predicted octanol–water partition coefficient (Wildman–Crippen LogP) is 2.48. The number of carbonyl (C=O) groups is 8. The third-order valence-electron chi connectivity index (χ3n) is 17.8. The number of alkyl halides is 4. The number of nitrogens with two attached hydrogens (primary N) is 1. The Morgan fingerprint density at radius 1 is 0.537 bits per heavy atom. The number of urea groups is 8. The van der Waals surface area contributed by atoms with E-state index in [0.29, 0.717) is 93.0 Å². The number of rotatable bonds is 12. The first-order valence-electron chi connectivity index (χ1n) is 26.0. The number of carbonyl (C=O) groups excluding carboxylic acids is 8. The molecule has 10 saturated heterocycles. The van der Waals surface area contributed by atoms with Crippen LogP contribution < -0.4 is 35.3 Å². The van der Waals surface area contributed by atoms with Crippen LogP contribution in [0.1, 0.15) is 35.6 Å². The zero-order valence-electron chi connectivity index (χ0n) is 42.8. The van der Waals surface area contributed by atoms with Crippen LogP contribution in [0.4, 0.5) is 38.4 Å². The van der Waals surface area contributed by atoms with Gasteiger partial charge >= 0.3 is 48.2 Å². The average Bonchev–Trinajstić information content (AvgIpc) is 4.28. The average molecular weight is 1370 g/mol. The fourth-order valence-electron chi connectivity index (χ4n) is 14.5. The van der Waals surface area contributed by atoms with E-state index in [4.69, 9.17) is 24.7 Å². The highest BCUT2D eigenvalue weighted by molar-refractivity contribution is 9.09. The number of fused-ring (bicyclic) bond motifs is 2. The van der Waals surface area contributed by atoms with Crippen molar-refractivity contribution in [2.75, 3.05) is 87.8 Å². The number of halogens is 4. The summed E-state index contributed by atoms with van der Waals surface area (Å²) in [5.74, 6) is -1.53. The van der Waals surface area contributed by atoms with Crippen molar-refractivity contribution in [3.63, 3.8) is 0 Å². The quantitative estimate of drug-likeness (QED) is 0.258.